The summed E-state index contributed by atoms with van der Waals surface area (Å²) in [5.41, 5.74) is 9.46. The molecule has 4 nitrogen and oxygen atoms in total. The molecule has 0 saturated heterocycles. The summed E-state index contributed by atoms with van der Waals surface area (Å²) in [6.45, 7) is 4.80. The Labute approximate surface area is 222 Å². The lowest BCUT2D eigenvalue weighted by Crippen LogP contribution is -1.98. The van der Waals surface area contributed by atoms with Crippen molar-refractivity contribution >= 4 is 22.3 Å². The fourth-order valence-corrected chi connectivity index (χ4v) is 5.24. The normalized spacial score (nSPS) is 11.3. The molecule has 0 fully saturated rings. The van der Waals surface area contributed by atoms with Gasteiger partial charge in [0.05, 0.1) is 16.6 Å². The van der Waals surface area contributed by atoms with E-state index in [0.29, 0.717) is 18.8 Å². The topological polar surface area (TPSA) is 39.9 Å². The number of aryl methyl sites for hydroxylation is 1. The first-order valence-electron chi connectivity index (χ1n) is 13.0. The summed E-state index contributed by atoms with van der Waals surface area (Å²) in [5.74, 6) is 1.64. The van der Waals surface area contributed by atoms with Gasteiger partial charge in [-0.25, -0.2) is 0 Å². The van der Waals surface area contributed by atoms with E-state index >= 15 is 0 Å². The monoisotopic (exact) mass is 499 g/mol. The highest BCUT2D eigenvalue weighted by Gasteiger charge is 2.23. The number of rotatable bonds is 9. The predicted molar refractivity (Wildman–Crippen MR) is 152 cm³/mol. The molecule has 3 aromatic carbocycles. The van der Waals surface area contributed by atoms with Crippen molar-refractivity contribution < 1.29 is 14.3 Å². The number of aromatic nitrogens is 1. The lowest BCUT2D eigenvalue weighted by molar-refractivity contribution is 0.101. The van der Waals surface area contributed by atoms with Crippen molar-refractivity contribution in [1.82, 2.24) is 4.40 Å². The SMILES string of the molecule is CCc1c(-c2ccc(OCc3ccccc3)cc2)c2cc(C(C)=O)c3cc(OCc4ccccc4)cc1n32. The second-order valence-corrected chi connectivity index (χ2v) is 9.58. The molecule has 0 aliphatic rings. The maximum absolute atomic E-state index is 12.6. The molecular weight excluding hydrogens is 470 g/mol. The van der Waals surface area contributed by atoms with E-state index in [1.807, 2.05) is 60.7 Å². The van der Waals surface area contributed by atoms with Gasteiger partial charge in [-0.2, -0.15) is 0 Å². The first-order chi connectivity index (χ1) is 18.6. The summed E-state index contributed by atoms with van der Waals surface area (Å²) < 4.78 is 14.4. The molecule has 0 spiro atoms. The molecule has 0 bridgehead atoms. The number of benzene rings is 3. The molecule has 4 heteroatoms. The van der Waals surface area contributed by atoms with Crippen LogP contribution in [0.25, 0.3) is 27.7 Å². The quantitative estimate of drug-likeness (QED) is 0.189. The standard InChI is InChI=1S/C34H29NO3/c1-3-29-31-18-28(38-22-25-12-8-5-9-13-25)19-32-30(23(2)36)20-33(35(31)32)34(29)26-14-16-27(17-15-26)37-21-24-10-6-4-7-11-24/h4-20H,3,21-22H2,1-2H3. The molecule has 0 amide bonds. The van der Waals surface area contributed by atoms with Crippen molar-refractivity contribution in [3.8, 4) is 22.6 Å². The van der Waals surface area contributed by atoms with Gasteiger partial charge in [-0.05, 0) is 53.8 Å². The molecule has 6 aromatic rings. The number of ketones is 1. The third-order valence-corrected chi connectivity index (χ3v) is 7.08. The number of hydrogen-bond acceptors (Lipinski definition) is 3. The Hall–Kier alpha value is -4.57. The number of ether oxygens (including phenoxy) is 2. The minimum absolute atomic E-state index is 0.0452. The molecule has 0 aliphatic carbocycles. The molecule has 3 heterocycles. The van der Waals surface area contributed by atoms with Crippen molar-refractivity contribution in [2.45, 2.75) is 33.5 Å². The van der Waals surface area contributed by atoms with Gasteiger partial charge >= 0.3 is 0 Å². The Bertz CT molecular complexity index is 1700. The Morgan fingerprint density at radius 1 is 0.684 bits per heavy atom. The molecule has 188 valence electrons. The number of nitrogens with zero attached hydrogens (tertiary/aromatic N) is 1. The maximum Gasteiger partial charge on any atom is 0.161 e. The number of pyridine rings is 1. The van der Waals surface area contributed by atoms with E-state index < -0.39 is 0 Å². The van der Waals surface area contributed by atoms with Gasteiger partial charge in [-0.15, -0.1) is 0 Å². The van der Waals surface area contributed by atoms with Gasteiger partial charge in [-0.3, -0.25) is 4.79 Å². The zero-order chi connectivity index (χ0) is 26.1. The van der Waals surface area contributed by atoms with Crippen LogP contribution in [0.4, 0.5) is 0 Å². The Morgan fingerprint density at radius 3 is 1.84 bits per heavy atom. The zero-order valence-corrected chi connectivity index (χ0v) is 21.6. The van der Waals surface area contributed by atoms with Crippen LogP contribution in [0.15, 0.2) is 103 Å². The highest BCUT2D eigenvalue weighted by atomic mass is 16.5. The third kappa shape index (κ3) is 4.39. The summed E-state index contributed by atoms with van der Waals surface area (Å²) >= 11 is 0. The van der Waals surface area contributed by atoms with Crippen LogP contribution in [0.1, 0.15) is 40.9 Å². The highest BCUT2D eigenvalue weighted by molar-refractivity contribution is 6.08. The predicted octanol–water partition coefficient (Wildman–Crippen LogP) is 8.12. The van der Waals surface area contributed by atoms with Gasteiger partial charge in [0.2, 0.25) is 0 Å². The first-order valence-corrected chi connectivity index (χ1v) is 13.0. The fraction of sp³-hybridized carbons (Fsp3) is 0.147. The van der Waals surface area contributed by atoms with Gasteiger partial charge in [0.25, 0.3) is 0 Å². The summed E-state index contributed by atoms with van der Waals surface area (Å²) in [6.07, 6.45) is 0.857. The average molecular weight is 500 g/mol. The second-order valence-electron chi connectivity index (χ2n) is 9.58. The van der Waals surface area contributed by atoms with E-state index in [0.717, 1.165) is 56.7 Å². The van der Waals surface area contributed by atoms with Crippen molar-refractivity contribution in [3.05, 3.63) is 125 Å². The molecule has 0 N–H and O–H groups in total. The van der Waals surface area contributed by atoms with Crippen molar-refractivity contribution in [2.75, 3.05) is 0 Å². The number of Topliss-reactive ketones (excluding diaryl/α,β-unsaturated/α-hetero) is 1. The van der Waals surface area contributed by atoms with Crippen molar-refractivity contribution in [2.24, 2.45) is 0 Å². The minimum Gasteiger partial charge on any atom is -0.489 e. The average Bonchev–Trinajstić information content (AvgIpc) is 3.49. The van der Waals surface area contributed by atoms with E-state index in [1.54, 1.807) is 6.92 Å². The van der Waals surface area contributed by atoms with Crippen LogP contribution in [0.5, 0.6) is 11.5 Å². The molecule has 38 heavy (non-hydrogen) atoms. The first kappa shape index (κ1) is 23.8. The van der Waals surface area contributed by atoms with Crippen LogP contribution >= 0.6 is 0 Å². The van der Waals surface area contributed by atoms with E-state index in [-0.39, 0.29) is 5.78 Å². The Balaban J connectivity index is 1.39. The van der Waals surface area contributed by atoms with Gasteiger partial charge in [0.15, 0.2) is 5.78 Å². The number of carbonyl (C=O) groups is 1. The fourth-order valence-electron chi connectivity index (χ4n) is 5.24. The van der Waals surface area contributed by atoms with Gasteiger partial charge in [0.1, 0.15) is 24.7 Å². The third-order valence-electron chi connectivity index (χ3n) is 7.08. The van der Waals surface area contributed by atoms with Gasteiger partial charge < -0.3 is 13.9 Å². The Morgan fingerprint density at radius 2 is 1.26 bits per heavy atom. The molecule has 3 aromatic heterocycles. The molecule has 0 atom stereocenters. The lowest BCUT2D eigenvalue weighted by Gasteiger charge is -2.10. The van der Waals surface area contributed by atoms with E-state index in [2.05, 4.69) is 53.8 Å². The summed E-state index contributed by atoms with van der Waals surface area (Å²) in [4.78, 5) is 12.6. The largest absolute Gasteiger partial charge is 0.489 e. The van der Waals surface area contributed by atoms with Crippen molar-refractivity contribution in [1.29, 1.82) is 0 Å². The van der Waals surface area contributed by atoms with Crippen LogP contribution in [0, 0.1) is 0 Å². The maximum atomic E-state index is 12.6. The molecule has 0 unspecified atom stereocenters. The van der Waals surface area contributed by atoms with Crippen molar-refractivity contribution in [3.63, 3.8) is 0 Å². The molecule has 0 saturated carbocycles. The zero-order valence-electron chi connectivity index (χ0n) is 21.6. The molecule has 0 radical (unpaired) electrons. The second kappa shape index (κ2) is 10.1. The van der Waals surface area contributed by atoms with E-state index in [1.165, 1.54) is 5.56 Å². The van der Waals surface area contributed by atoms with Gasteiger partial charge in [-0.1, -0.05) is 79.7 Å². The summed E-state index contributed by atoms with van der Waals surface area (Å²) in [6, 6.07) is 34.7. The van der Waals surface area contributed by atoms with E-state index in [9.17, 15) is 4.79 Å². The molecular formula is C34H29NO3. The van der Waals surface area contributed by atoms with Crippen LogP contribution < -0.4 is 9.47 Å². The highest BCUT2D eigenvalue weighted by Crippen LogP contribution is 2.41. The summed E-state index contributed by atoms with van der Waals surface area (Å²) in [7, 11) is 0. The summed E-state index contributed by atoms with van der Waals surface area (Å²) in [5, 5.41) is 0. The van der Waals surface area contributed by atoms with Crippen LogP contribution in [0.3, 0.4) is 0 Å². The van der Waals surface area contributed by atoms with Crippen LogP contribution in [0.2, 0.25) is 0 Å². The minimum atomic E-state index is 0.0452. The smallest absolute Gasteiger partial charge is 0.161 e. The molecule has 0 aliphatic heterocycles. The Kier molecular flexibility index (Phi) is 6.30. The number of hydrogen-bond donors (Lipinski definition) is 0. The molecule has 6 rings (SSSR count). The number of carbonyl (C=O) groups excluding carboxylic acids is 1. The van der Waals surface area contributed by atoms with E-state index in [4.69, 9.17) is 9.47 Å². The lowest BCUT2D eigenvalue weighted by atomic mass is 9.99. The van der Waals surface area contributed by atoms with Crippen LogP contribution in [-0.4, -0.2) is 10.2 Å². The van der Waals surface area contributed by atoms with Crippen LogP contribution in [-0.2, 0) is 19.6 Å². The van der Waals surface area contributed by atoms with Gasteiger partial charge in [0, 0.05) is 23.3 Å².